The fourth-order valence-electron chi connectivity index (χ4n) is 3.63. The van der Waals surface area contributed by atoms with E-state index < -0.39 is 17.1 Å². The Morgan fingerprint density at radius 2 is 2.00 bits per heavy atom. The summed E-state index contributed by atoms with van der Waals surface area (Å²) in [7, 11) is 0. The summed E-state index contributed by atoms with van der Waals surface area (Å²) in [5.41, 5.74) is -0.673. The van der Waals surface area contributed by atoms with Crippen LogP contribution in [0.2, 0.25) is 0 Å². The first-order valence-corrected chi connectivity index (χ1v) is 8.15. The van der Waals surface area contributed by atoms with E-state index >= 15 is 0 Å². The van der Waals surface area contributed by atoms with E-state index in [1.807, 2.05) is 44.2 Å². The first-order chi connectivity index (χ1) is 10.9. The smallest absolute Gasteiger partial charge is 0.875 e. The second-order valence-corrected chi connectivity index (χ2v) is 7.08. The van der Waals surface area contributed by atoms with Crippen LogP contribution in [0.3, 0.4) is 0 Å². The maximum absolute atomic E-state index is 12.9. The van der Waals surface area contributed by atoms with Gasteiger partial charge in [0.2, 0.25) is 0 Å². The molecule has 0 amide bonds. The molecule has 3 atom stereocenters. The molecule has 24 heavy (non-hydrogen) atoms. The molecular formula is C19H23MgO4+. The van der Waals surface area contributed by atoms with Crippen molar-refractivity contribution in [3.8, 4) is 0 Å². The third-order valence-electron chi connectivity index (χ3n) is 4.85. The van der Waals surface area contributed by atoms with Crippen LogP contribution in [0.4, 0.5) is 0 Å². The van der Waals surface area contributed by atoms with Crippen LogP contribution in [0.5, 0.6) is 0 Å². The maximum Gasteiger partial charge on any atom is 2.00 e. The molecule has 3 unspecified atom stereocenters. The molecule has 1 aromatic carbocycles. The average Bonchev–Trinajstić information content (AvgIpc) is 2.49. The minimum absolute atomic E-state index is 0. The largest absolute Gasteiger partial charge is 2.00 e. The van der Waals surface area contributed by atoms with Gasteiger partial charge in [-0.25, -0.2) is 0 Å². The van der Waals surface area contributed by atoms with Gasteiger partial charge in [0.05, 0.1) is 22.7 Å². The van der Waals surface area contributed by atoms with Crippen LogP contribution in [0.25, 0.3) is 0 Å². The molecule has 1 aliphatic heterocycles. The van der Waals surface area contributed by atoms with Crippen molar-refractivity contribution in [1.82, 2.24) is 0 Å². The summed E-state index contributed by atoms with van der Waals surface area (Å²) in [6.45, 7) is 3.91. The van der Waals surface area contributed by atoms with Gasteiger partial charge in [0, 0.05) is 0 Å². The minimum atomic E-state index is -1.10. The van der Waals surface area contributed by atoms with Crippen molar-refractivity contribution in [2.24, 2.45) is 5.41 Å². The molecule has 4 nitrogen and oxygen atoms in total. The number of rotatable bonds is 3. The van der Waals surface area contributed by atoms with Gasteiger partial charge in [0.1, 0.15) is 0 Å². The van der Waals surface area contributed by atoms with Crippen LogP contribution in [0, 0.1) is 5.41 Å². The summed E-state index contributed by atoms with van der Waals surface area (Å²) in [5, 5.41) is 25.5. The van der Waals surface area contributed by atoms with E-state index in [-0.39, 0.29) is 41.5 Å². The predicted octanol–water partition coefficient (Wildman–Crippen LogP) is 0.975. The molecule has 1 heterocycles. The molecule has 5 heteroatoms. The van der Waals surface area contributed by atoms with Crippen LogP contribution in [-0.2, 0) is 4.74 Å². The van der Waals surface area contributed by atoms with E-state index in [1.165, 1.54) is 0 Å². The number of allylic oxidation sites excluding steroid dienone is 1. The van der Waals surface area contributed by atoms with Gasteiger partial charge >= 0.3 is 29.3 Å². The number of benzene rings is 1. The second-order valence-electron chi connectivity index (χ2n) is 7.08. The van der Waals surface area contributed by atoms with Gasteiger partial charge in [-0.05, 0) is 45.2 Å². The van der Waals surface area contributed by atoms with Gasteiger partial charge in [-0.1, -0.05) is 24.3 Å². The monoisotopic (exact) mass is 339 g/mol. The van der Waals surface area contributed by atoms with E-state index in [4.69, 9.17) is 9.16 Å². The maximum atomic E-state index is 12.9. The number of fused-ring (bicyclic) bond motifs is 1. The van der Waals surface area contributed by atoms with Crippen LogP contribution in [0.1, 0.15) is 43.1 Å². The zero-order valence-corrected chi connectivity index (χ0v) is 15.8. The Morgan fingerprint density at radius 3 is 2.71 bits per heavy atom. The molecule has 2 aliphatic rings. The van der Waals surface area contributed by atoms with Crippen molar-refractivity contribution in [2.75, 3.05) is 6.61 Å². The van der Waals surface area contributed by atoms with Crippen molar-refractivity contribution < 1.29 is 19.4 Å². The Morgan fingerprint density at radius 1 is 1.29 bits per heavy atom. The van der Waals surface area contributed by atoms with Crippen molar-refractivity contribution >= 4 is 29.3 Å². The summed E-state index contributed by atoms with van der Waals surface area (Å²) in [4.78, 5) is 0. The second kappa shape index (κ2) is 7.56. The van der Waals surface area contributed by atoms with E-state index in [0.29, 0.717) is 19.3 Å². The molecule has 0 N–H and O–H groups in total. The van der Waals surface area contributed by atoms with Gasteiger partial charge in [-0.15, -0.1) is 11.9 Å². The minimum Gasteiger partial charge on any atom is -0.875 e. The first kappa shape index (κ1) is 19.4. The normalized spacial score (nSPS) is 31.9. The van der Waals surface area contributed by atoms with Crippen molar-refractivity contribution in [2.45, 2.75) is 50.9 Å². The van der Waals surface area contributed by atoms with Gasteiger partial charge in [-0.2, -0.15) is 0 Å². The van der Waals surface area contributed by atoms with Crippen molar-refractivity contribution in [1.29, 1.82) is 0 Å². The Balaban J connectivity index is 0.00000208. The van der Waals surface area contributed by atoms with E-state index in [1.54, 1.807) is 12.4 Å². The number of hydrogen-bond acceptors (Lipinski definition) is 3. The summed E-state index contributed by atoms with van der Waals surface area (Å²) < 4.78 is 11.8. The fourth-order valence-corrected chi connectivity index (χ4v) is 3.63. The first-order valence-electron chi connectivity index (χ1n) is 8.15. The summed E-state index contributed by atoms with van der Waals surface area (Å²) in [6.07, 6.45) is 3.55. The number of hydrogen-bond donors (Lipinski definition) is 0. The molecule has 3 rings (SSSR count). The van der Waals surface area contributed by atoms with E-state index in [2.05, 4.69) is 0 Å². The fraction of sp³-hybridized carbons (Fsp3) is 0.526. The third-order valence-corrected chi connectivity index (χ3v) is 4.85. The van der Waals surface area contributed by atoms with Crippen LogP contribution < -0.4 is 10.2 Å². The Labute approximate surface area is 159 Å². The van der Waals surface area contributed by atoms with Crippen LogP contribution >= 0.6 is 0 Å². The van der Waals surface area contributed by atoms with E-state index in [9.17, 15) is 10.2 Å². The summed E-state index contributed by atoms with van der Waals surface area (Å²) in [6, 6.07) is 9.59. The van der Waals surface area contributed by atoms with E-state index in [0.717, 1.165) is 5.56 Å². The molecule has 1 saturated heterocycles. The zero-order chi connectivity index (χ0) is 16.5. The van der Waals surface area contributed by atoms with Gasteiger partial charge < -0.3 is 14.9 Å². The molecule has 0 saturated carbocycles. The predicted molar refractivity (Wildman–Crippen MR) is 89.6 cm³/mol. The molecule has 0 radical (unpaired) electrons. The quantitative estimate of drug-likeness (QED) is 0.468. The van der Waals surface area contributed by atoms with Crippen molar-refractivity contribution in [3.05, 3.63) is 47.7 Å². The third kappa shape index (κ3) is 3.69. The molecule has 1 aliphatic carbocycles. The Bertz CT molecular complexity index is 611. The molecule has 0 aromatic heterocycles. The standard InChI is InChI=1S/C19H24O4.Mg/c1-18(2)11-16(21)19(15(20)9-6-10-17(19)23-18)13-22-12-14-7-4-3-5-8-14;/h3-5,7-9,12,16-17,20H,6,10-11,13H2,1-2H3;/q;+2/p-1. The molecular weight excluding hydrogens is 317 g/mol. The molecule has 1 aromatic rings. The van der Waals surface area contributed by atoms with Gasteiger partial charge in [0.15, 0.2) is 0 Å². The van der Waals surface area contributed by atoms with Crippen LogP contribution in [0.15, 0.2) is 42.2 Å². The van der Waals surface area contributed by atoms with Crippen molar-refractivity contribution in [3.63, 3.8) is 0 Å². The van der Waals surface area contributed by atoms with Gasteiger partial charge in [0.25, 0.3) is 6.61 Å². The molecule has 0 bridgehead atoms. The average molecular weight is 340 g/mol. The van der Waals surface area contributed by atoms with Crippen LogP contribution in [-0.4, -0.2) is 53.8 Å². The topological polar surface area (TPSA) is 66.7 Å². The number of carbonyl (C=O) groups excluding carboxylic acids is 1. The Hall–Kier alpha value is -0.884. The number of aldehydes is 1. The molecule has 124 valence electrons. The molecule has 0 spiro atoms. The summed E-state index contributed by atoms with van der Waals surface area (Å²) >= 11 is 0. The summed E-state index contributed by atoms with van der Waals surface area (Å²) in [5.74, 6) is -0.120. The SMILES string of the molecule is CC1(C)CC([O-])C2(C[O+]=Cc3ccccc3)C([O-])=CCCC2O1.[Mg+2]. The zero-order valence-electron chi connectivity index (χ0n) is 14.4. The van der Waals surface area contributed by atoms with Gasteiger partial charge in [-0.3, -0.25) is 4.42 Å². The Kier molecular flexibility index (Phi) is 6.12. The number of ether oxygens (including phenoxy) is 1. The molecule has 1 fully saturated rings.